The van der Waals surface area contributed by atoms with Crippen LogP contribution in [-0.2, 0) is 6.42 Å². The Morgan fingerprint density at radius 1 is 1.60 bits per heavy atom. The minimum absolute atomic E-state index is 0.600. The van der Waals surface area contributed by atoms with Gasteiger partial charge in [-0.1, -0.05) is 15.9 Å². The van der Waals surface area contributed by atoms with Crippen molar-refractivity contribution in [1.82, 2.24) is 4.98 Å². The second-order valence-corrected chi connectivity index (χ2v) is 3.88. The lowest BCUT2D eigenvalue weighted by atomic mass is 9.98. The Labute approximate surface area is 69.0 Å². The Kier molecular flexibility index (Phi) is 1.57. The number of fused-ring (bicyclic) bond motifs is 1. The second kappa shape index (κ2) is 2.42. The van der Waals surface area contributed by atoms with E-state index in [-0.39, 0.29) is 0 Å². The number of hydrogen-bond donors (Lipinski definition) is 1. The molecule has 1 aliphatic carbocycles. The number of halogens is 1. The van der Waals surface area contributed by atoms with Crippen LogP contribution in [0.1, 0.15) is 28.9 Å². The number of nitrogens with one attached hydrogen (secondary N) is 1. The lowest BCUT2D eigenvalue weighted by molar-refractivity contribution is 0.672. The van der Waals surface area contributed by atoms with Crippen LogP contribution < -0.4 is 0 Å². The van der Waals surface area contributed by atoms with Gasteiger partial charge in [0.2, 0.25) is 0 Å². The Morgan fingerprint density at radius 3 is 3.30 bits per heavy atom. The second-order valence-electron chi connectivity index (χ2n) is 2.77. The molecule has 0 aliphatic heterocycles. The summed E-state index contributed by atoms with van der Waals surface area (Å²) in [6, 6.07) is 2.17. The third-order valence-corrected chi connectivity index (χ3v) is 3.04. The van der Waals surface area contributed by atoms with Crippen molar-refractivity contribution in [3.05, 3.63) is 23.5 Å². The number of aromatic amines is 1. The summed E-state index contributed by atoms with van der Waals surface area (Å²) >= 11 is 3.65. The molecule has 0 radical (unpaired) electrons. The van der Waals surface area contributed by atoms with E-state index in [0.717, 1.165) is 0 Å². The van der Waals surface area contributed by atoms with Crippen LogP contribution >= 0.6 is 15.9 Å². The van der Waals surface area contributed by atoms with Crippen LogP contribution in [0.5, 0.6) is 0 Å². The lowest BCUT2D eigenvalue weighted by Crippen LogP contribution is -2.02. The van der Waals surface area contributed by atoms with E-state index in [1.807, 2.05) is 6.20 Å². The number of aromatic nitrogens is 1. The normalized spacial score (nSPS) is 24.3. The van der Waals surface area contributed by atoms with Crippen molar-refractivity contribution in [2.45, 2.75) is 24.1 Å². The van der Waals surface area contributed by atoms with Gasteiger partial charge in [-0.3, -0.25) is 0 Å². The van der Waals surface area contributed by atoms with E-state index >= 15 is 0 Å². The van der Waals surface area contributed by atoms with Crippen molar-refractivity contribution in [2.24, 2.45) is 0 Å². The van der Waals surface area contributed by atoms with Gasteiger partial charge < -0.3 is 4.98 Å². The maximum atomic E-state index is 3.65. The van der Waals surface area contributed by atoms with Crippen LogP contribution in [0.15, 0.2) is 12.3 Å². The molecule has 1 nitrogen and oxygen atoms in total. The maximum absolute atomic E-state index is 3.65. The molecule has 0 aromatic carbocycles. The van der Waals surface area contributed by atoms with E-state index in [4.69, 9.17) is 0 Å². The summed E-state index contributed by atoms with van der Waals surface area (Å²) in [7, 11) is 0. The van der Waals surface area contributed by atoms with Gasteiger partial charge in [0.15, 0.2) is 0 Å². The van der Waals surface area contributed by atoms with Gasteiger partial charge in [0.25, 0.3) is 0 Å². The minimum Gasteiger partial charge on any atom is -0.365 e. The van der Waals surface area contributed by atoms with Gasteiger partial charge in [0.05, 0.1) is 0 Å². The molecule has 2 heteroatoms. The Hall–Kier alpha value is -0.240. The first-order chi connectivity index (χ1) is 4.88. The Bertz CT molecular complexity index is 229. The van der Waals surface area contributed by atoms with Gasteiger partial charge in [-0.05, 0) is 30.9 Å². The molecule has 1 N–H and O–H groups in total. The molecule has 1 unspecified atom stereocenters. The fourth-order valence-electron chi connectivity index (χ4n) is 1.54. The fourth-order valence-corrected chi connectivity index (χ4v) is 2.29. The molecule has 10 heavy (non-hydrogen) atoms. The van der Waals surface area contributed by atoms with E-state index in [2.05, 4.69) is 27.0 Å². The van der Waals surface area contributed by atoms with Gasteiger partial charge in [-0.25, -0.2) is 0 Å². The summed E-state index contributed by atoms with van der Waals surface area (Å²) < 4.78 is 0. The minimum atomic E-state index is 0.600. The number of aryl methyl sites for hydroxylation is 1. The van der Waals surface area contributed by atoms with Crippen molar-refractivity contribution in [1.29, 1.82) is 0 Å². The van der Waals surface area contributed by atoms with Gasteiger partial charge in [0.1, 0.15) is 0 Å². The van der Waals surface area contributed by atoms with E-state index in [1.165, 1.54) is 30.5 Å². The fraction of sp³-hybridized carbons (Fsp3) is 0.500. The zero-order chi connectivity index (χ0) is 6.97. The molecular weight excluding hydrogens is 190 g/mol. The van der Waals surface area contributed by atoms with Gasteiger partial charge in [0, 0.05) is 16.7 Å². The summed E-state index contributed by atoms with van der Waals surface area (Å²) in [6.45, 7) is 0. The zero-order valence-corrected chi connectivity index (χ0v) is 7.32. The highest BCUT2D eigenvalue weighted by Gasteiger charge is 2.17. The number of hydrogen-bond acceptors (Lipinski definition) is 0. The summed E-state index contributed by atoms with van der Waals surface area (Å²) in [5.41, 5.74) is 2.89. The first-order valence-electron chi connectivity index (χ1n) is 3.68. The standard InChI is InChI=1S/C8H10BrN/c9-7-2-1-3-8-6(7)4-5-10-8/h4-5,7,10H,1-3H2. The van der Waals surface area contributed by atoms with Crippen molar-refractivity contribution in [3.8, 4) is 0 Å². The molecule has 0 saturated carbocycles. The Morgan fingerprint density at radius 2 is 2.50 bits per heavy atom. The average Bonchev–Trinajstić information content (AvgIpc) is 2.36. The van der Waals surface area contributed by atoms with E-state index in [9.17, 15) is 0 Å². The molecule has 1 heterocycles. The Balaban J connectivity index is 2.41. The predicted octanol–water partition coefficient (Wildman–Crippen LogP) is 2.79. The molecule has 0 bridgehead atoms. The van der Waals surface area contributed by atoms with Crippen LogP contribution in [0.25, 0.3) is 0 Å². The molecule has 0 fully saturated rings. The first-order valence-corrected chi connectivity index (χ1v) is 4.60. The van der Waals surface area contributed by atoms with Gasteiger partial charge in [-0.2, -0.15) is 0 Å². The van der Waals surface area contributed by atoms with E-state index < -0.39 is 0 Å². The van der Waals surface area contributed by atoms with Crippen LogP contribution in [0, 0.1) is 0 Å². The molecule has 0 saturated heterocycles. The average molecular weight is 200 g/mol. The number of H-pyrrole nitrogens is 1. The van der Waals surface area contributed by atoms with Crippen molar-refractivity contribution < 1.29 is 0 Å². The lowest BCUT2D eigenvalue weighted by Gasteiger charge is -2.16. The molecular formula is C8H10BrN. The summed E-state index contributed by atoms with van der Waals surface area (Å²) in [5.74, 6) is 0. The van der Waals surface area contributed by atoms with Crippen LogP contribution in [-0.4, -0.2) is 4.98 Å². The SMILES string of the molecule is BrC1CCCc2[nH]ccc21. The van der Waals surface area contributed by atoms with Crippen molar-refractivity contribution in [2.75, 3.05) is 0 Å². The highest BCUT2D eigenvalue weighted by atomic mass is 79.9. The molecule has 1 atom stereocenters. The molecule has 2 rings (SSSR count). The van der Waals surface area contributed by atoms with E-state index in [1.54, 1.807) is 0 Å². The van der Waals surface area contributed by atoms with Crippen LogP contribution in [0.4, 0.5) is 0 Å². The molecule has 1 aromatic rings. The van der Waals surface area contributed by atoms with Crippen molar-refractivity contribution in [3.63, 3.8) is 0 Å². The topological polar surface area (TPSA) is 15.8 Å². The number of alkyl halides is 1. The quantitative estimate of drug-likeness (QED) is 0.619. The molecule has 0 spiro atoms. The highest BCUT2D eigenvalue weighted by molar-refractivity contribution is 9.09. The number of rotatable bonds is 0. The largest absolute Gasteiger partial charge is 0.365 e. The smallest absolute Gasteiger partial charge is 0.0413 e. The van der Waals surface area contributed by atoms with Crippen LogP contribution in [0.2, 0.25) is 0 Å². The van der Waals surface area contributed by atoms with E-state index in [0.29, 0.717) is 4.83 Å². The zero-order valence-electron chi connectivity index (χ0n) is 5.73. The maximum Gasteiger partial charge on any atom is 0.0413 e. The summed E-state index contributed by atoms with van der Waals surface area (Å²) in [6.07, 6.45) is 5.85. The third-order valence-electron chi connectivity index (χ3n) is 2.09. The molecule has 1 aliphatic rings. The molecule has 0 amide bonds. The first kappa shape index (κ1) is 6.47. The molecule has 1 aromatic heterocycles. The summed E-state index contributed by atoms with van der Waals surface area (Å²) in [4.78, 5) is 3.86. The monoisotopic (exact) mass is 199 g/mol. The van der Waals surface area contributed by atoms with Gasteiger partial charge >= 0.3 is 0 Å². The summed E-state index contributed by atoms with van der Waals surface area (Å²) in [5, 5.41) is 0. The third kappa shape index (κ3) is 0.908. The predicted molar refractivity (Wildman–Crippen MR) is 45.4 cm³/mol. The van der Waals surface area contributed by atoms with Gasteiger partial charge in [-0.15, -0.1) is 0 Å². The molecule has 54 valence electrons. The van der Waals surface area contributed by atoms with Crippen molar-refractivity contribution >= 4 is 15.9 Å². The highest BCUT2D eigenvalue weighted by Crippen LogP contribution is 2.34. The van der Waals surface area contributed by atoms with Crippen LogP contribution in [0.3, 0.4) is 0 Å².